The first-order valence-electron chi connectivity index (χ1n) is 9.32. The van der Waals surface area contributed by atoms with Crippen LogP contribution in [0.3, 0.4) is 0 Å². The van der Waals surface area contributed by atoms with Gasteiger partial charge in [-0.15, -0.1) is 0 Å². The van der Waals surface area contributed by atoms with Gasteiger partial charge in [-0.1, -0.05) is 47.5 Å². The molecule has 0 saturated heterocycles. The lowest BCUT2D eigenvalue weighted by molar-refractivity contribution is -0.136. The van der Waals surface area contributed by atoms with Crippen molar-refractivity contribution < 1.29 is 9.90 Å². The van der Waals surface area contributed by atoms with Gasteiger partial charge in [0.15, 0.2) is 0 Å². The van der Waals surface area contributed by atoms with Crippen molar-refractivity contribution in [1.82, 2.24) is 4.57 Å². The number of aryl methyl sites for hydroxylation is 2. The van der Waals surface area contributed by atoms with Gasteiger partial charge in [-0.3, -0.25) is 4.79 Å². The molecule has 1 aromatic heterocycles. The zero-order chi connectivity index (χ0) is 19.0. The maximum atomic E-state index is 11.1. The van der Waals surface area contributed by atoms with Crippen LogP contribution in [-0.4, -0.2) is 15.6 Å². The van der Waals surface area contributed by atoms with Gasteiger partial charge in [0.05, 0.1) is 5.52 Å². The molecular formula is C22H21Cl2NO2. The van der Waals surface area contributed by atoms with Gasteiger partial charge in [0.1, 0.15) is 0 Å². The predicted molar refractivity (Wildman–Crippen MR) is 110 cm³/mol. The topological polar surface area (TPSA) is 42.2 Å². The van der Waals surface area contributed by atoms with Gasteiger partial charge < -0.3 is 9.67 Å². The van der Waals surface area contributed by atoms with Crippen molar-refractivity contribution in [2.45, 2.75) is 45.1 Å². The summed E-state index contributed by atoms with van der Waals surface area (Å²) >= 11 is 12.5. The third-order valence-corrected chi connectivity index (χ3v) is 6.02. The van der Waals surface area contributed by atoms with Crippen molar-refractivity contribution in [2.24, 2.45) is 0 Å². The van der Waals surface area contributed by atoms with Crippen LogP contribution in [0.1, 0.15) is 41.6 Å². The summed E-state index contributed by atoms with van der Waals surface area (Å²) in [4.78, 5) is 11.1. The normalized spacial score (nSPS) is 13.7. The second kappa shape index (κ2) is 7.57. The van der Waals surface area contributed by atoms with Crippen molar-refractivity contribution in [3.8, 4) is 0 Å². The van der Waals surface area contributed by atoms with Crippen molar-refractivity contribution in [3.63, 3.8) is 0 Å². The van der Waals surface area contributed by atoms with Gasteiger partial charge >= 0.3 is 5.97 Å². The zero-order valence-corrected chi connectivity index (χ0v) is 16.5. The lowest BCUT2D eigenvalue weighted by Crippen LogP contribution is -2.10. The van der Waals surface area contributed by atoms with E-state index in [1.807, 2.05) is 18.2 Å². The summed E-state index contributed by atoms with van der Waals surface area (Å²) in [6, 6.07) is 11.9. The van der Waals surface area contributed by atoms with E-state index < -0.39 is 5.97 Å². The molecule has 4 rings (SSSR count). The van der Waals surface area contributed by atoms with Crippen LogP contribution in [0.4, 0.5) is 0 Å². The third-order valence-electron chi connectivity index (χ3n) is 5.43. The molecule has 0 bridgehead atoms. The number of carboxylic acid groups (broad SMARTS) is 1. The molecule has 140 valence electrons. The van der Waals surface area contributed by atoms with Crippen LogP contribution >= 0.6 is 23.2 Å². The van der Waals surface area contributed by atoms with E-state index in [0.717, 1.165) is 29.5 Å². The van der Waals surface area contributed by atoms with E-state index >= 15 is 0 Å². The number of aromatic nitrogens is 1. The summed E-state index contributed by atoms with van der Waals surface area (Å²) in [6.45, 7) is 0.673. The second-order valence-corrected chi connectivity index (χ2v) is 8.00. The number of halogens is 2. The molecule has 0 spiro atoms. The van der Waals surface area contributed by atoms with Gasteiger partial charge in [0.2, 0.25) is 0 Å². The molecule has 1 heterocycles. The Bertz CT molecular complexity index is 1020. The highest BCUT2D eigenvalue weighted by molar-refractivity contribution is 6.35. The van der Waals surface area contributed by atoms with Crippen LogP contribution in [0, 0.1) is 0 Å². The van der Waals surface area contributed by atoms with Gasteiger partial charge in [-0.2, -0.15) is 0 Å². The Kier molecular flexibility index (Phi) is 5.16. The fraction of sp³-hybridized carbons (Fsp3) is 0.318. The standard InChI is InChI=1S/C22H21Cl2NO2/c23-16-10-8-15(19(24)12-16)13-25-20-7-2-1-5-17(20)18-6-3-4-14(22(18)25)9-11-21(26)27/h3-4,6,8,10,12H,1-2,5,7,9,11,13H2,(H,26,27). The number of benzene rings is 2. The molecule has 1 N–H and O–H groups in total. The maximum Gasteiger partial charge on any atom is 0.303 e. The number of hydrogen-bond donors (Lipinski definition) is 1. The highest BCUT2D eigenvalue weighted by Gasteiger charge is 2.22. The molecule has 0 fully saturated rings. The number of aliphatic carboxylic acids is 1. The Morgan fingerprint density at radius 2 is 1.89 bits per heavy atom. The number of hydrogen-bond acceptors (Lipinski definition) is 1. The van der Waals surface area contributed by atoms with Crippen LogP contribution < -0.4 is 0 Å². The summed E-state index contributed by atoms with van der Waals surface area (Å²) in [5.41, 5.74) is 6.06. The summed E-state index contributed by atoms with van der Waals surface area (Å²) in [5.74, 6) is -0.768. The van der Waals surface area contributed by atoms with Gasteiger partial charge in [-0.25, -0.2) is 0 Å². The molecule has 3 nitrogen and oxygen atoms in total. The molecule has 0 saturated carbocycles. The quantitative estimate of drug-likeness (QED) is 0.578. The minimum Gasteiger partial charge on any atom is -0.481 e. The summed E-state index contributed by atoms with van der Waals surface area (Å²) in [6.07, 6.45) is 5.18. The summed E-state index contributed by atoms with van der Waals surface area (Å²) < 4.78 is 2.36. The van der Waals surface area contributed by atoms with E-state index in [2.05, 4.69) is 16.7 Å². The number of carbonyl (C=O) groups is 1. The van der Waals surface area contributed by atoms with Crippen LogP contribution in [0.2, 0.25) is 10.0 Å². The SMILES string of the molecule is O=C(O)CCc1cccc2c3c(n(Cc4ccc(Cl)cc4Cl)c12)CCCC3. The van der Waals surface area contributed by atoms with Crippen molar-refractivity contribution in [3.05, 3.63) is 68.8 Å². The van der Waals surface area contributed by atoms with Gasteiger partial charge in [0, 0.05) is 34.1 Å². The first-order valence-corrected chi connectivity index (χ1v) is 10.1. The number of fused-ring (bicyclic) bond motifs is 3. The molecule has 0 aliphatic heterocycles. The Labute approximate surface area is 168 Å². The largest absolute Gasteiger partial charge is 0.481 e. The highest BCUT2D eigenvalue weighted by atomic mass is 35.5. The van der Waals surface area contributed by atoms with E-state index in [4.69, 9.17) is 28.3 Å². The van der Waals surface area contributed by atoms with Gasteiger partial charge in [0.25, 0.3) is 0 Å². The van der Waals surface area contributed by atoms with Gasteiger partial charge in [-0.05, 0) is 60.9 Å². The number of nitrogens with zero attached hydrogens (tertiary/aromatic N) is 1. The van der Waals surface area contributed by atoms with E-state index in [1.165, 1.54) is 29.5 Å². The average Bonchev–Trinajstić information content (AvgIpc) is 2.97. The lowest BCUT2D eigenvalue weighted by Gasteiger charge is -2.17. The van der Waals surface area contributed by atoms with E-state index in [0.29, 0.717) is 23.0 Å². The average molecular weight is 402 g/mol. The summed E-state index contributed by atoms with van der Waals surface area (Å²) in [7, 11) is 0. The molecule has 1 aliphatic carbocycles. The van der Waals surface area contributed by atoms with Crippen LogP contribution in [-0.2, 0) is 30.6 Å². The minimum absolute atomic E-state index is 0.136. The molecular weight excluding hydrogens is 381 g/mol. The van der Waals surface area contributed by atoms with Crippen LogP contribution in [0.5, 0.6) is 0 Å². The second-order valence-electron chi connectivity index (χ2n) is 7.16. The number of carboxylic acids is 1. The first kappa shape index (κ1) is 18.4. The molecule has 5 heteroatoms. The van der Waals surface area contributed by atoms with E-state index in [9.17, 15) is 4.79 Å². The maximum absolute atomic E-state index is 11.1. The molecule has 0 radical (unpaired) electrons. The monoisotopic (exact) mass is 401 g/mol. The molecule has 0 amide bonds. The Hall–Kier alpha value is -1.97. The predicted octanol–water partition coefficient (Wildman–Crippen LogP) is 5.89. The molecule has 2 aromatic carbocycles. The highest BCUT2D eigenvalue weighted by Crippen LogP contribution is 2.35. The number of rotatable bonds is 5. The van der Waals surface area contributed by atoms with Crippen molar-refractivity contribution >= 4 is 40.1 Å². The first-order chi connectivity index (χ1) is 13.0. The van der Waals surface area contributed by atoms with Crippen LogP contribution in [0.25, 0.3) is 10.9 Å². The fourth-order valence-corrected chi connectivity index (χ4v) is 4.67. The van der Waals surface area contributed by atoms with E-state index in [1.54, 1.807) is 6.07 Å². The lowest BCUT2D eigenvalue weighted by atomic mass is 9.95. The van der Waals surface area contributed by atoms with Crippen molar-refractivity contribution in [2.75, 3.05) is 0 Å². The molecule has 0 atom stereocenters. The molecule has 0 unspecified atom stereocenters. The minimum atomic E-state index is -0.768. The molecule has 1 aliphatic rings. The molecule has 3 aromatic rings. The smallest absolute Gasteiger partial charge is 0.303 e. The number of para-hydroxylation sites is 1. The Balaban J connectivity index is 1.87. The van der Waals surface area contributed by atoms with Crippen molar-refractivity contribution in [1.29, 1.82) is 0 Å². The Morgan fingerprint density at radius 1 is 1.07 bits per heavy atom. The third kappa shape index (κ3) is 3.59. The zero-order valence-electron chi connectivity index (χ0n) is 15.0. The fourth-order valence-electron chi connectivity index (χ4n) is 4.20. The molecule has 27 heavy (non-hydrogen) atoms. The van der Waals surface area contributed by atoms with E-state index in [-0.39, 0.29) is 6.42 Å². The Morgan fingerprint density at radius 3 is 2.67 bits per heavy atom. The van der Waals surface area contributed by atoms with Crippen LogP contribution in [0.15, 0.2) is 36.4 Å². The summed E-state index contributed by atoms with van der Waals surface area (Å²) in [5, 5.41) is 11.7.